The Morgan fingerprint density at radius 2 is 2.33 bits per heavy atom. The molecule has 5 nitrogen and oxygen atoms in total. The first kappa shape index (κ1) is 12.8. The summed E-state index contributed by atoms with van der Waals surface area (Å²) in [4.78, 5) is 15.5. The molecule has 1 aliphatic rings. The van der Waals surface area contributed by atoms with Crippen LogP contribution in [0.5, 0.6) is 5.88 Å². The Labute approximate surface area is 106 Å². The van der Waals surface area contributed by atoms with Crippen LogP contribution in [0.15, 0.2) is 18.3 Å². The zero-order valence-corrected chi connectivity index (χ0v) is 10.5. The van der Waals surface area contributed by atoms with Gasteiger partial charge in [0, 0.05) is 18.3 Å². The number of nitrogens with zero attached hydrogens (tertiary/aromatic N) is 1. The van der Waals surface area contributed by atoms with Crippen molar-refractivity contribution in [2.75, 3.05) is 6.61 Å². The molecule has 2 unspecified atom stereocenters. The monoisotopic (exact) mass is 250 g/mol. The molecule has 1 heterocycles. The van der Waals surface area contributed by atoms with E-state index in [1.54, 1.807) is 19.1 Å². The highest BCUT2D eigenvalue weighted by Crippen LogP contribution is 2.22. The number of hydrogen-bond acceptors (Lipinski definition) is 5. The summed E-state index contributed by atoms with van der Waals surface area (Å²) in [6, 6.07) is 3.41. The first-order valence-corrected chi connectivity index (χ1v) is 6.26. The minimum atomic E-state index is -0.367. The molecule has 1 saturated carbocycles. The molecule has 1 aromatic rings. The van der Waals surface area contributed by atoms with Gasteiger partial charge < -0.3 is 15.2 Å². The first-order valence-electron chi connectivity index (χ1n) is 6.26. The molecule has 0 saturated heterocycles. The van der Waals surface area contributed by atoms with Crippen molar-refractivity contribution in [3.8, 4) is 5.88 Å². The number of rotatable bonds is 4. The lowest BCUT2D eigenvalue weighted by molar-refractivity contribution is 0.0525. The number of hydrogen-bond donors (Lipinski definition) is 1. The van der Waals surface area contributed by atoms with Gasteiger partial charge in [0.1, 0.15) is 6.10 Å². The third-order valence-electron chi connectivity index (χ3n) is 3.02. The van der Waals surface area contributed by atoms with E-state index >= 15 is 0 Å². The van der Waals surface area contributed by atoms with Gasteiger partial charge in [-0.05, 0) is 32.3 Å². The van der Waals surface area contributed by atoms with Crippen LogP contribution in [0.3, 0.4) is 0 Å². The number of esters is 1. The van der Waals surface area contributed by atoms with Crippen LogP contribution in [-0.4, -0.2) is 29.7 Å². The van der Waals surface area contributed by atoms with Gasteiger partial charge in [-0.15, -0.1) is 0 Å². The maximum absolute atomic E-state index is 11.4. The van der Waals surface area contributed by atoms with Gasteiger partial charge in [-0.1, -0.05) is 0 Å². The zero-order valence-electron chi connectivity index (χ0n) is 10.5. The molecular weight excluding hydrogens is 232 g/mol. The van der Waals surface area contributed by atoms with E-state index in [1.807, 2.05) is 0 Å². The standard InChI is InChI=1S/C13H18N2O3/c1-2-17-13(16)9-6-7-12(15-8-9)18-11-5-3-4-10(11)14/h6-8,10-11H,2-5,14H2,1H3. The van der Waals surface area contributed by atoms with Crippen LogP contribution >= 0.6 is 0 Å². The number of carbonyl (C=O) groups excluding carboxylic acids is 1. The summed E-state index contributed by atoms with van der Waals surface area (Å²) in [6.07, 6.45) is 4.54. The molecule has 0 bridgehead atoms. The van der Waals surface area contributed by atoms with Crippen LogP contribution in [0.2, 0.25) is 0 Å². The number of ether oxygens (including phenoxy) is 2. The number of pyridine rings is 1. The maximum atomic E-state index is 11.4. The van der Waals surface area contributed by atoms with Crippen LogP contribution in [0.1, 0.15) is 36.5 Å². The summed E-state index contributed by atoms with van der Waals surface area (Å²) in [6.45, 7) is 2.12. The SMILES string of the molecule is CCOC(=O)c1ccc(OC2CCCC2N)nc1. The molecule has 18 heavy (non-hydrogen) atoms. The van der Waals surface area contributed by atoms with Crippen molar-refractivity contribution in [2.45, 2.75) is 38.3 Å². The minimum Gasteiger partial charge on any atom is -0.473 e. The van der Waals surface area contributed by atoms with E-state index in [4.69, 9.17) is 15.2 Å². The molecule has 1 aromatic heterocycles. The molecule has 0 radical (unpaired) electrons. The second kappa shape index (κ2) is 5.82. The lowest BCUT2D eigenvalue weighted by Crippen LogP contribution is -2.33. The Bertz CT molecular complexity index is 405. The number of nitrogens with two attached hydrogens (primary N) is 1. The fourth-order valence-electron chi connectivity index (χ4n) is 2.04. The van der Waals surface area contributed by atoms with E-state index in [1.165, 1.54) is 6.20 Å². The maximum Gasteiger partial charge on any atom is 0.339 e. The quantitative estimate of drug-likeness (QED) is 0.820. The topological polar surface area (TPSA) is 74.4 Å². The van der Waals surface area contributed by atoms with Crippen LogP contribution in [0, 0.1) is 0 Å². The number of aromatic nitrogens is 1. The fourth-order valence-corrected chi connectivity index (χ4v) is 2.04. The van der Waals surface area contributed by atoms with Crippen LogP contribution in [0.25, 0.3) is 0 Å². The van der Waals surface area contributed by atoms with Crippen molar-refractivity contribution >= 4 is 5.97 Å². The first-order chi connectivity index (χ1) is 8.70. The summed E-state index contributed by atoms with van der Waals surface area (Å²) >= 11 is 0. The Morgan fingerprint density at radius 1 is 1.50 bits per heavy atom. The minimum absolute atomic E-state index is 0.0333. The van der Waals surface area contributed by atoms with E-state index in [2.05, 4.69) is 4.98 Å². The largest absolute Gasteiger partial charge is 0.473 e. The molecule has 1 fully saturated rings. The van der Waals surface area contributed by atoms with Gasteiger partial charge in [0.2, 0.25) is 5.88 Å². The molecule has 0 aliphatic heterocycles. The van der Waals surface area contributed by atoms with Crippen LogP contribution in [-0.2, 0) is 4.74 Å². The van der Waals surface area contributed by atoms with Gasteiger partial charge in [0.15, 0.2) is 0 Å². The third-order valence-corrected chi connectivity index (χ3v) is 3.02. The Morgan fingerprint density at radius 3 is 2.89 bits per heavy atom. The van der Waals surface area contributed by atoms with E-state index in [9.17, 15) is 4.79 Å². The van der Waals surface area contributed by atoms with Gasteiger partial charge in [0.05, 0.1) is 12.2 Å². The molecule has 2 N–H and O–H groups in total. The predicted octanol–water partition coefficient (Wildman–Crippen LogP) is 1.52. The average Bonchev–Trinajstić information content (AvgIpc) is 2.76. The van der Waals surface area contributed by atoms with Crippen molar-refractivity contribution in [3.05, 3.63) is 23.9 Å². The molecule has 0 amide bonds. The van der Waals surface area contributed by atoms with Crippen molar-refractivity contribution in [1.82, 2.24) is 4.98 Å². The summed E-state index contributed by atoms with van der Waals surface area (Å²) in [5, 5.41) is 0. The second-order valence-electron chi connectivity index (χ2n) is 4.36. The summed E-state index contributed by atoms with van der Waals surface area (Å²) in [5.41, 5.74) is 6.35. The van der Waals surface area contributed by atoms with Crippen molar-refractivity contribution in [3.63, 3.8) is 0 Å². The van der Waals surface area contributed by atoms with Gasteiger partial charge in [-0.25, -0.2) is 9.78 Å². The molecule has 2 rings (SSSR count). The van der Waals surface area contributed by atoms with E-state index < -0.39 is 0 Å². The van der Waals surface area contributed by atoms with E-state index in [0.29, 0.717) is 18.1 Å². The molecule has 5 heteroatoms. The highest BCUT2D eigenvalue weighted by molar-refractivity contribution is 5.89. The van der Waals surface area contributed by atoms with Gasteiger partial charge in [0.25, 0.3) is 0 Å². The molecule has 98 valence electrons. The fraction of sp³-hybridized carbons (Fsp3) is 0.538. The molecule has 2 atom stereocenters. The van der Waals surface area contributed by atoms with Crippen molar-refractivity contribution in [2.24, 2.45) is 5.73 Å². The lowest BCUT2D eigenvalue weighted by atomic mass is 10.2. The molecule has 0 spiro atoms. The van der Waals surface area contributed by atoms with Gasteiger partial charge in [-0.3, -0.25) is 0 Å². The Balaban J connectivity index is 1.97. The van der Waals surface area contributed by atoms with E-state index in [-0.39, 0.29) is 18.1 Å². The zero-order chi connectivity index (χ0) is 13.0. The van der Waals surface area contributed by atoms with Crippen LogP contribution in [0.4, 0.5) is 0 Å². The Kier molecular flexibility index (Phi) is 4.15. The molecule has 1 aliphatic carbocycles. The number of carbonyl (C=O) groups is 1. The highest BCUT2D eigenvalue weighted by atomic mass is 16.5. The van der Waals surface area contributed by atoms with Gasteiger partial charge >= 0.3 is 5.97 Å². The third kappa shape index (κ3) is 2.98. The molecular formula is C13H18N2O3. The normalized spacial score (nSPS) is 22.8. The van der Waals surface area contributed by atoms with Crippen LogP contribution < -0.4 is 10.5 Å². The lowest BCUT2D eigenvalue weighted by Gasteiger charge is -2.16. The smallest absolute Gasteiger partial charge is 0.339 e. The average molecular weight is 250 g/mol. The van der Waals surface area contributed by atoms with E-state index in [0.717, 1.165) is 19.3 Å². The van der Waals surface area contributed by atoms with Crippen molar-refractivity contribution in [1.29, 1.82) is 0 Å². The highest BCUT2D eigenvalue weighted by Gasteiger charge is 2.25. The summed E-state index contributed by atoms with van der Waals surface area (Å²) in [7, 11) is 0. The summed E-state index contributed by atoms with van der Waals surface area (Å²) in [5.74, 6) is 0.138. The van der Waals surface area contributed by atoms with Gasteiger partial charge in [-0.2, -0.15) is 0 Å². The Hall–Kier alpha value is -1.62. The van der Waals surface area contributed by atoms with Crippen molar-refractivity contribution < 1.29 is 14.3 Å². The second-order valence-corrected chi connectivity index (χ2v) is 4.36. The predicted molar refractivity (Wildman–Crippen MR) is 66.4 cm³/mol. The molecule has 0 aromatic carbocycles. The summed E-state index contributed by atoms with van der Waals surface area (Å²) < 4.78 is 10.6.